The SMILES string of the molecule is O=CC1Cc2nccc(F)c2C1. The Labute approximate surface area is 69.4 Å². The van der Waals surface area contributed by atoms with Gasteiger partial charge in [0.05, 0.1) is 0 Å². The Hall–Kier alpha value is -1.25. The molecule has 1 unspecified atom stereocenters. The number of pyridine rings is 1. The van der Waals surface area contributed by atoms with Gasteiger partial charge in [0.25, 0.3) is 0 Å². The molecular formula is C9H8FNO. The number of fused-ring (bicyclic) bond motifs is 1. The van der Waals surface area contributed by atoms with Crippen molar-refractivity contribution in [2.24, 2.45) is 5.92 Å². The molecule has 12 heavy (non-hydrogen) atoms. The van der Waals surface area contributed by atoms with Crippen LogP contribution >= 0.6 is 0 Å². The minimum atomic E-state index is -0.232. The van der Waals surface area contributed by atoms with Crippen LogP contribution in [-0.4, -0.2) is 11.3 Å². The van der Waals surface area contributed by atoms with E-state index in [0.29, 0.717) is 18.4 Å². The van der Waals surface area contributed by atoms with Crippen LogP contribution in [0.2, 0.25) is 0 Å². The number of carbonyl (C=O) groups excluding carboxylic acids is 1. The Morgan fingerprint density at radius 2 is 2.42 bits per heavy atom. The van der Waals surface area contributed by atoms with Crippen LogP contribution in [0.5, 0.6) is 0 Å². The van der Waals surface area contributed by atoms with Crippen LogP contribution < -0.4 is 0 Å². The summed E-state index contributed by atoms with van der Waals surface area (Å²) in [5, 5.41) is 0. The van der Waals surface area contributed by atoms with E-state index < -0.39 is 0 Å². The third kappa shape index (κ3) is 1.02. The largest absolute Gasteiger partial charge is 0.303 e. The molecule has 1 aliphatic rings. The van der Waals surface area contributed by atoms with Crippen LogP contribution in [0.3, 0.4) is 0 Å². The number of carbonyl (C=O) groups is 1. The number of nitrogens with zero attached hydrogens (tertiary/aromatic N) is 1. The minimum Gasteiger partial charge on any atom is -0.303 e. The molecule has 2 rings (SSSR count). The Balaban J connectivity index is 2.41. The highest BCUT2D eigenvalue weighted by Crippen LogP contribution is 2.25. The van der Waals surface area contributed by atoms with Crippen molar-refractivity contribution in [3.8, 4) is 0 Å². The lowest BCUT2D eigenvalue weighted by molar-refractivity contribution is -0.110. The van der Waals surface area contributed by atoms with Gasteiger partial charge in [0.15, 0.2) is 0 Å². The molecule has 0 bridgehead atoms. The fourth-order valence-electron chi connectivity index (χ4n) is 1.58. The third-order valence-electron chi connectivity index (χ3n) is 2.20. The molecule has 0 N–H and O–H groups in total. The summed E-state index contributed by atoms with van der Waals surface area (Å²) < 4.78 is 13.0. The summed E-state index contributed by atoms with van der Waals surface area (Å²) >= 11 is 0. The summed E-state index contributed by atoms with van der Waals surface area (Å²) in [7, 11) is 0. The van der Waals surface area contributed by atoms with Gasteiger partial charge in [-0.2, -0.15) is 0 Å². The molecule has 0 aliphatic heterocycles. The summed E-state index contributed by atoms with van der Waals surface area (Å²) in [4.78, 5) is 14.5. The molecule has 0 saturated carbocycles. The van der Waals surface area contributed by atoms with Crippen molar-refractivity contribution >= 4 is 6.29 Å². The molecule has 62 valence electrons. The van der Waals surface area contributed by atoms with Crippen molar-refractivity contribution in [1.29, 1.82) is 0 Å². The van der Waals surface area contributed by atoms with E-state index in [0.717, 1.165) is 12.0 Å². The standard InChI is InChI=1S/C9H8FNO/c10-8-1-2-11-9-4-6(5-12)3-7(8)9/h1-2,5-6H,3-4H2. The van der Waals surface area contributed by atoms with Gasteiger partial charge in [-0.3, -0.25) is 4.98 Å². The minimum absolute atomic E-state index is 0.0654. The molecule has 0 radical (unpaired) electrons. The molecule has 0 amide bonds. The normalized spacial score (nSPS) is 20.6. The monoisotopic (exact) mass is 165 g/mol. The summed E-state index contributed by atoms with van der Waals surface area (Å²) in [6.45, 7) is 0. The number of hydrogen-bond donors (Lipinski definition) is 0. The van der Waals surface area contributed by atoms with E-state index in [-0.39, 0.29) is 11.7 Å². The highest BCUT2D eigenvalue weighted by Gasteiger charge is 2.24. The predicted molar refractivity (Wildman–Crippen MR) is 41.2 cm³/mol. The van der Waals surface area contributed by atoms with E-state index in [4.69, 9.17) is 0 Å². The molecule has 2 nitrogen and oxygen atoms in total. The maximum Gasteiger partial charge on any atom is 0.129 e. The Kier molecular flexibility index (Phi) is 1.64. The molecule has 3 heteroatoms. The fourth-order valence-corrected chi connectivity index (χ4v) is 1.58. The number of aromatic nitrogens is 1. The second-order valence-electron chi connectivity index (χ2n) is 3.02. The molecular weight excluding hydrogens is 157 g/mol. The average Bonchev–Trinajstić information content (AvgIpc) is 2.49. The summed E-state index contributed by atoms with van der Waals surface area (Å²) in [6.07, 6.45) is 3.43. The smallest absolute Gasteiger partial charge is 0.129 e. The Morgan fingerprint density at radius 1 is 1.58 bits per heavy atom. The van der Waals surface area contributed by atoms with Gasteiger partial charge in [0.1, 0.15) is 12.1 Å². The van der Waals surface area contributed by atoms with Crippen molar-refractivity contribution in [2.75, 3.05) is 0 Å². The maximum absolute atomic E-state index is 13.0. The molecule has 0 spiro atoms. The average molecular weight is 165 g/mol. The molecule has 1 atom stereocenters. The maximum atomic E-state index is 13.0. The Bertz CT molecular complexity index is 324. The van der Waals surface area contributed by atoms with Gasteiger partial charge in [0, 0.05) is 23.4 Å². The molecule has 1 heterocycles. The van der Waals surface area contributed by atoms with Crippen molar-refractivity contribution in [1.82, 2.24) is 4.98 Å². The summed E-state index contributed by atoms with van der Waals surface area (Å²) in [5.41, 5.74) is 1.36. The first-order valence-corrected chi connectivity index (χ1v) is 3.89. The number of halogens is 1. The van der Waals surface area contributed by atoms with Crippen LogP contribution in [0.25, 0.3) is 0 Å². The van der Waals surface area contributed by atoms with E-state index in [2.05, 4.69) is 4.98 Å². The fraction of sp³-hybridized carbons (Fsp3) is 0.333. The van der Waals surface area contributed by atoms with E-state index in [1.165, 1.54) is 12.3 Å². The van der Waals surface area contributed by atoms with Gasteiger partial charge in [-0.25, -0.2) is 4.39 Å². The highest BCUT2D eigenvalue weighted by atomic mass is 19.1. The molecule has 0 saturated heterocycles. The first kappa shape index (κ1) is 7.40. The molecule has 0 aromatic carbocycles. The van der Waals surface area contributed by atoms with Crippen LogP contribution in [0.1, 0.15) is 11.3 Å². The lowest BCUT2D eigenvalue weighted by Gasteiger charge is -1.96. The van der Waals surface area contributed by atoms with Gasteiger partial charge < -0.3 is 4.79 Å². The predicted octanol–water partition coefficient (Wildman–Crippen LogP) is 1.13. The zero-order chi connectivity index (χ0) is 8.55. The number of hydrogen-bond acceptors (Lipinski definition) is 2. The molecule has 1 aromatic rings. The summed E-state index contributed by atoms with van der Waals surface area (Å²) in [5.74, 6) is -0.297. The van der Waals surface area contributed by atoms with Crippen LogP contribution in [0, 0.1) is 11.7 Å². The van der Waals surface area contributed by atoms with Crippen molar-refractivity contribution < 1.29 is 9.18 Å². The first-order chi connectivity index (χ1) is 5.81. The first-order valence-electron chi connectivity index (χ1n) is 3.89. The highest BCUT2D eigenvalue weighted by molar-refractivity contribution is 5.57. The third-order valence-corrected chi connectivity index (χ3v) is 2.20. The quantitative estimate of drug-likeness (QED) is 0.584. The van der Waals surface area contributed by atoms with Crippen LogP contribution in [0.4, 0.5) is 4.39 Å². The second-order valence-corrected chi connectivity index (χ2v) is 3.02. The van der Waals surface area contributed by atoms with E-state index >= 15 is 0 Å². The van der Waals surface area contributed by atoms with E-state index in [1.54, 1.807) is 0 Å². The second kappa shape index (κ2) is 2.66. The number of aldehydes is 1. The van der Waals surface area contributed by atoms with Gasteiger partial charge in [-0.05, 0) is 18.9 Å². The topological polar surface area (TPSA) is 30.0 Å². The van der Waals surface area contributed by atoms with Gasteiger partial charge in [-0.1, -0.05) is 0 Å². The molecule has 0 fully saturated rings. The Morgan fingerprint density at radius 3 is 3.08 bits per heavy atom. The lowest BCUT2D eigenvalue weighted by Crippen LogP contribution is -1.99. The van der Waals surface area contributed by atoms with Gasteiger partial charge in [0.2, 0.25) is 0 Å². The lowest BCUT2D eigenvalue weighted by atomic mass is 10.1. The van der Waals surface area contributed by atoms with Crippen LogP contribution in [0.15, 0.2) is 12.3 Å². The number of rotatable bonds is 1. The van der Waals surface area contributed by atoms with Gasteiger partial charge in [-0.15, -0.1) is 0 Å². The zero-order valence-electron chi connectivity index (χ0n) is 6.46. The van der Waals surface area contributed by atoms with Crippen molar-refractivity contribution in [2.45, 2.75) is 12.8 Å². The van der Waals surface area contributed by atoms with E-state index in [1.807, 2.05) is 0 Å². The van der Waals surface area contributed by atoms with Crippen molar-refractivity contribution in [3.05, 3.63) is 29.3 Å². The zero-order valence-corrected chi connectivity index (χ0v) is 6.46. The summed E-state index contributed by atoms with van der Waals surface area (Å²) in [6, 6.07) is 1.34. The van der Waals surface area contributed by atoms with E-state index in [9.17, 15) is 9.18 Å². The van der Waals surface area contributed by atoms with Gasteiger partial charge >= 0.3 is 0 Å². The van der Waals surface area contributed by atoms with Crippen molar-refractivity contribution in [3.63, 3.8) is 0 Å². The van der Waals surface area contributed by atoms with Crippen LogP contribution in [-0.2, 0) is 17.6 Å². The molecule has 1 aliphatic carbocycles. The molecule has 1 aromatic heterocycles.